The van der Waals surface area contributed by atoms with Crippen LogP contribution in [0.4, 0.5) is 5.69 Å². The molecule has 0 saturated carbocycles. The first kappa shape index (κ1) is 14.1. The van der Waals surface area contributed by atoms with Crippen molar-refractivity contribution in [2.24, 2.45) is 5.84 Å². The number of carbonyl (C=O) groups excluding carboxylic acids is 1. The van der Waals surface area contributed by atoms with E-state index in [4.69, 9.17) is 5.84 Å². The Balaban J connectivity index is 1.87. The van der Waals surface area contributed by atoms with E-state index in [1.165, 1.54) is 0 Å². The minimum atomic E-state index is -0.123. The van der Waals surface area contributed by atoms with E-state index in [1.54, 1.807) is 12.3 Å². The first-order chi connectivity index (χ1) is 9.70. The quantitative estimate of drug-likeness (QED) is 0.421. The van der Waals surface area contributed by atoms with Gasteiger partial charge in [-0.15, -0.1) is 0 Å². The zero-order valence-corrected chi connectivity index (χ0v) is 11.5. The highest BCUT2D eigenvalue weighted by molar-refractivity contribution is 5.99. The minimum Gasteiger partial charge on any atom is -0.352 e. The van der Waals surface area contributed by atoms with Crippen molar-refractivity contribution in [3.63, 3.8) is 0 Å². The molecule has 2 aromatic rings. The molecule has 1 heterocycles. The summed E-state index contributed by atoms with van der Waals surface area (Å²) < 4.78 is 1.84. The van der Waals surface area contributed by atoms with Crippen LogP contribution >= 0.6 is 0 Å². The van der Waals surface area contributed by atoms with Gasteiger partial charge in [0.1, 0.15) is 0 Å². The van der Waals surface area contributed by atoms with Gasteiger partial charge in [0.05, 0.1) is 11.3 Å². The summed E-state index contributed by atoms with van der Waals surface area (Å²) in [5.41, 5.74) is 4.75. The van der Waals surface area contributed by atoms with Gasteiger partial charge in [-0.05, 0) is 31.5 Å². The second kappa shape index (κ2) is 6.72. The van der Waals surface area contributed by atoms with E-state index in [2.05, 4.69) is 15.8 Å². The maximum atomic E-state index is 12.1. The van der Waals surface area contributed by atoms with E-state index in [9.17, 15) is 4.79 Å². The topological polar surface area (TPSA) is 85.0 Å². The highest BCUT2D eigenvalue weighted by Crippen LogP contribution is 2.15. The lowest BCUT2D eigenvalue weighted by Crippen LogP contribution is -2.27. The molecule has 2 rings (SSSR count). The lowest BCUT2D eigenvalue weighted by Gasteiger charge is -2.10. The van der Waals surface area contributed by atoms with Gasteiger partial charge in [-0.1, -0.05) is 11.6 Å². The monoisotopic (exact) mass is 273 g/mol. The summed E-state index contributed by atoms with van der Waals surface area (Å²) >= 11 is 0. The number of aromatic nitrogens is 2. The van der Waals surface area contributed by atoms with Crippen molar-refractivity contribution in [2.45, 2.75) is 19.9 Å². The molecule has 0 bridgehead atoms. The Morgan fingerprint density at radius 1 is 1.45 bits per heavy atom. The molecule has 0 fully saturated rings. The largest absolute Gasteiger partial charge is 0.352 e. The van der Waals surface area contributed by atoms with Gasteiger partial charge >= 0.3 is 0 Å². The van der Waals surface area contributed by atoms with Gasteiger partial charge in [0.25, 0.3) is 5.91 Å². The van der Waals surface area contributed by atoms with Crippen LogP contribution in [0.1, 0.15) is 22.3 Å². The normalized spacial score (nSPS) is 10.3. The number of anilines is 1. The molecular weight excluding hydrogens is 254 g/mol. The maximum absolute atomic E-state index is 12.1. The maximum Gasteiger partial charge on any atom is 0.253 e. The van der Waals surface area contributed by atoms with Crippen LogP contribution in [0.5, 0.6) is 0 Å². The number of benzene rings is 1. The zero-order chi connectivity index (χ0) is 14.4. The summed E-state index contributed by atoms with van der Waals surface area (Å²) in [5.74, 6) is 5.29. The van der Waals surface area contributed by atoms with Gasteiger partial charge in [-0.3, -0.25) is 15.3 Å². The van der Waals surface area contributed by atoms with Crippen molar-refractivity contribution < 1.29 is 4.79 Å². The van der Waals surface area contributed by atoms with Crippen molar-refractivity contribution in [1.29, 1.82) is 0 Å². The average Bonchev–Trinajstić information content (AvgIpc) is 2.96. The van der Waals surface area contributed by atoms with Crippen molar-refractivity contribution in [1.82, 2.24) is 15.1 Å². The Morgan fingerprint density at radius 3 is 3.00 bits per heavy atom. The lowest BCUT2D eigenvalue weighted by molar-refractivity contribution is 0.0953. The number of rotatable bonds is 6. The number of hydrogen-bond donors (Lipinski definition) is 3. The van der Waals surface area contributed by atoms with Crippen LogP contribution in [0.3, 0.4) is 0 Å². The predicted molar refractivity (Wildman–Crippen MR) is 78.2 cm³/mol. The number of nitrogens with one attached hydrogen (secondary N) is 2. The van der Waals surface area contributed by atoms with E-state index in [-0.39, 0.29) is 5.91 Å². The van der Waals surface area contributed by atoms with Crippen LogP contribution in [0.2, 0.25) is 0 Å². The van der Waals surface area contributed by atoms with Crippen LogP contribution in [0.15, 0.2) is 36.7 Å². The smallest absolute Gasteiger partial charge is 0.253 e. The Hall–Kier alpha value is -2.34. The van der Waals surface area contributed by atoms with Crippen molar-refractivity contribution in [3.05, 3.63) is 47.8 Å². The molecule has 0 atom stereocenters. The highest BCUT2D eigenvalue weighted by atomic mass is 16.1. The first-order valence-corrected chi connectivity index (χ1v) is 6.53. The minimum absolute atomic E-state index is 0.123. The number of nitrogens with two attached hydrogens (primary N) is 1. The third-order valence-corrected chi connectivity index (χ3v) is 2.98. The molecule has 0 radical (unpaired) electrons. The Morgan fingerprint density at radius 2 is 2.30 bits per heavy atom. The number of carbonyl (C=O) groups is 1. The van der Waals surface area contributed by atoms with Crippen LogP contribution in [-0.4, -0.2) is 22.2 Å². The van der Waals surface area contributed by atoms with Crippen molar-refractivity contribution in [2.75, 3.05) is 12.0 Å². The van der Waals surface area contributed by atoms with E-state index in [0.717, 1.165) is 18.5 Å². The predicted octanol–water partition coefficient (Wildman–Crippen LogP) is 1.30. The Kier molecular flexibility index (Phi) is 4.73. The molecule has 1 aromatic heterocycles. The molecule has 0 saturated heterocycles. The van der Waals surface area contributed by atoms with Gasteiger partial charge in [-0.2, -0.15) is 5.10 Å². The molecule has 4 N–H and O–H groups in total. The molecule has 0 aliphatic rings. The fourth-order valence-corrected chi connectivity index (χ4v) is 1.94. The fourth-order valence-electron chi connectivity index (χ4n) is 1.94. The Bertz CT molecular complexity index is 565. The zero-order valence-electron chi connectivity index (χ0n) is 11.5. The molecule has 0 unspecified atom stereocenters. The number of amides is 1. The standard InChI is InChI=1S/C14H19N5O/c1-11-4-5-13(18-15)12(10-11)14(20)16-6-2-8-19-9-3-7-17-19/h3-5,7,9-10,18H,2,6,8,15H2,1H3,(H,16,20). The van der Waals surface area contributed by atoms with E-state index < -0.39 is 0 Å². The summed E-state index contributed by atoms with van der Waals surface area (Å²) in [6.45, 7) is 3.31. The van der Waals surface area contributed by atoms with Crippen molar-refractivity contribution >= 4 is 11.6 Å². The molecule has 20 heavy (non-hydrogen) atoms. The van der Waals surface area contributed by atoms with Crippen LogP contribution < -0.4 is 16.6 Å². The molecule has 6 heteroatoms. The van der Waals surface area contributed by atoms with Crippen molar-refractivity contribution in [3.8, 4) is 0 Å². The molecule has 0 spiro atoms. The lowest BCUT2D eigenvalue weighted by atomic mass is 10.1. The Labute approximate surface area is 117 Å². The molecule has 0 aliphatic carbocycles. The number of nitrogen functional groups attached to an aromatic ring is 1. The highest BCUT2D eigenvalue weighted by Gasteiger charge is 2.10. The molecule has 106 valence electrons. The number of nitrogens with zero attached hydrogens (tertiary/aromatic N) is 2. The molecular formula is C14H19N5O. The van der Waals surface area contributed by atoms with E-state index >= 15 is 0 Å². The second-order valence-electron chi connectivity index (χ2n) is 4.57. The molecule has 1 aromatic carbocycles. The summed E-state index contributed by atoms with van der Waals surface area (Å²) in [4.78, 5) is 12.1. The number of aryl methyl sites for hydroxylation is 2. The van der Waals surface area contributed by atoms with E-state index in [0.29, 0.717) is 17.8 Å². The molecule has 6 nitrogen and oxygen atoms in total. The van der Waals surface area contributed by atoms with Crippen LogP contribution in [0.25, 0.3) is 0 Å². The van der Waals surface area contributed by atoms with Gasteiger partial charge in [-0.25, -0.2) is 0 Å². The van der Waals surface area contributed by atoms with E-state index in [1.807, 2.05) is 36.0 Å². The van der Waals surface area contributed by atoms with Gasteiger partial charge in [0.15, 0.2) is 0 Å². The fraction of sp³-hybridized carbons (Fsp3) is 0.286. The van der Waals surface area contributed by atoms with Crippen LogP contribution in [-0.2, 0) is 6.54 Å². The summed E-state index contributed by atoms with van der Waals surface area (Å²) in [5, 5.41) is 7.00. The average molecular weight is 273 g/mol. The van der Waals surface area contributed by atoms with Gasteiger partial charge < -0.3 is 10.7 Å². The summed E-state index contributed by atoms with van der Waals surface area (Å²) in [6, 6.07) is 7.40. The SMILES string of the molecule is Cc1ccc(NN)c(C(=O)NCCCn2cccn2)c1. The molecule has 1 amide bonds. The van der Waals surface area contributed by atoms with Gasteiger partial charge in [0.2, 0.25) is 0 Å². The van der Waals surface area contributed by atoms with Gasteiger partial charge in [0, 0.05) is 25.5 Å². The number of hydrogen-bond acceptors (Lipinski definition) is 4. The first-order valence-electron chi connectivity index (χ1n) is 6.53. The molecule has 0 aliphatic heterocycles. The summed E-state index contributed by atoms with van der Waals surface area (Å²) in [7, 11) is 0. The van der Waals surface area contributed by atoms with Crippen LogP contribution in [0, 0.1) is 6.92 Å². The third-order valence-electron chi connectivity index (χ3n) is 2.98. The summed E-state index contributed by atoms with van der Waals surface area (Å²) in [6.07, 6.45) is 4.47. The second-order valence-corrected chi connectivity index (χ2v) is 4.57. The number of hydrazine groups is 1. The third kappa shape index (κ3) is 3.58.